The quantitative estimate of drug-likeness (QED) is 0.680. The first-order valence-corrected chi connectivity index (χ1v) is 6.86. The van der Waals surface area contributed by atoms with E-state index in [1.54, 1.807) is 6.07 Å². The van der Waals surface area contributed by atoms with Crippen LogP contribution in [0.4, 0.5) is 4.39 Å². The number of hydrogen-bond acceptors (Lipinski definition) is 2. The third-order valence-corrected chi connectivity index (χ3v) is 3.03. The van der Waals surface area contributed by atoms with Crippen LogP contribution in [0.5, 0.6) is 0 Å². The van der Waals surface area contributed by atoms with Gasteiger partial charge in [0, 0.05) is 25.2 Å². The van der Waals surface area contributed by atoms with Crippen molar-refractivity contribution in [2.75, 3.05) is 26.7 Å². The Bertz CT molecular complexity index is 328. The third kappa shape index (κ3) is 6.12. The summed E-state index contributed by atoms with van der Waals surface area (Å²) in [6.07, 6.45) is 3.79. The number of unbranched alkanes of at least 4 members (excludes halogenated alkanes) is 2. The lowest BCUT2D eigenvalue weighted by atomic mass is 10.2. The molecule has 0 bridgehead atoms. The van der Waals surface area contributed by atoms with Crippen molar-refractivity contribution in [1.29, 1.82) is 0 Å². The summed E-state index contributed by atoms with van der Waals surface area (Å²) in [6.45, 7) is 5.88. The monoisotopic (exact) mass is 252 g/mol. The molecule has 1 aromatic rings. The van der Waals surface area contributed by atoms with Crippen LogP contribution in [0.3, 0.4) is 0 Å². The minimum Gasteiger partial charge on any atom is -0.315 e. The van der Waals surface area contributed by atoms with Gasteiger partial charge in [-0.05, 0) is 26.1 Å². The number of halogens is 1. The molecule has 0 spiro atoms. The van der Waals surface area contributed by atoms with Crippen LogP contribution in [0.15, 0.2) is 24.3 Å². The van der Waals surface area contributed by atoms with Crippen molar-refractivity contribution < 1.29 is 4.39 Å². The van der Waals surface area contributed by atoms with Gasteiger partial charge in [-0.25, -0.2) is 4.39 Å². The molecule has 0 atom stereocenters. The van der Waals surface area contributed by atoms with E-state index < -0.39 is 0 Å². The molecule has 0 saturated heterocycles. The van der Waals surface area contributed by atoms with Crippen molar-refractivity contribution in [2.45, 2.75) is 32.7 Å². The van der Waals surface area contributed by atoms with E-state index in [2.05, 4.69) is 17.1 Å². The molecule has 18 heavy (non-hydrogen) atoms. The van der Waals surface area contributed by atoms with Crippen LogP contribution >= 0.6 is 0 Å². The SMILES string of the molecule is CCCCCNCCN(C)Cc1ccccc1F. The van der Waals surface area contributed by atoms with E-state index in [1.807, 2.05) is 19.2 Å². The molecule has 0 aliphatic rings. The molecule has 1 rings (SSSR count). The Morgan fingerprint density at radius 1 is 1.17 bits per heavy atom. The second-order valence-electron chi connectivity index (χ2n) is 4.79. The minimum absolute atomic E-state index is 0.111. The normalized spacial score (nSPS) is 11.1. The van der Waals surface area contributed by atoms with Crippen molar-refractivity contribution in [3.05, 3.63) is 35.6 Å². The average molecular weight is 252 g/mol. The fraction of sp³-hybridized carbons (Fsp3) is 0.600. The highest BCUT2D eigenvalue weighted by Gasteiger charge is 2.04. The zero-order chi connectivity index (χ0) is 13.2. The summed E-state index contributed by atoms with van der Waals surface area (Å²) >= 11 is 0. The molecule has 2 nitrogen and oxygen atoms in total. The second kappa shape index (κ2) is 9.06. The topological polar surface area (TPSA) is 15.3 Å². The van der Waals surface area contributed by atoms with Crippen LogP contribution in [0.25, 0.3) is 0 Å². The molecule has 102 valence electrons. The van der Waals surface area contributed by atoms with Crippen molar-refractivity contribution >= 4 is 0 Å². The first-order chi connectivity index (χ1) is 8.74. The van der Waals surface area contributed by atoms with Crippen LogP contribution in [-0.4, -0.2) is 31.6 Å². The predicted octanol–water partition coefficient (Wildman–Crippen LogP) is 3.04. The number of benzene rings is 1. The Kier molecular flexibility index (Phi) is 7.62. The van der Waals surface area contributed by atoms with E-state index in [-0.39, 0.29) is 5.82 Å². The molecule has 0 aliphatic carbocycles. The maximum atomic E-state index is 13.4. The smallest absolute Gasteiger partial charge is 0.127 e. The Labute approximate surface area is 110 Å². The maximum absolute atomic E-state index is 13.4. The van der Waals surface area contributed by atoms with Crippen molar-refractivity contribution in [3.8, 4) is 0 Å². The van der Waals surface area contributed by atoms with E-state index in [1.165, 1.54) is 25.3 Å². The highest BCUT2D eigenvalue weighted by atomic mass is 19.1. The standard InChI is InChI=1S/C15H25FN2/c1-3-4-7-10-17-11-12-18(2)13-14-8-5-6-9-15(14)16/h5-6,8-9,17H,3-4,7,10-13H2,1-2H3. The number of nitrogens with one attached hydrogen (secondary N) is 1. The van der Waals surface area contributed by atoms with Gasteiger partial charge in [0.25, 0.3) is 0 Å². The highest BCUT2D eigenvalue weighted by Crippen LogP contribution is 2.08. The van der Waals surface area contributed by atoms with Gasteiger partial charge in [0.05, 0.1) is 0 Å². The summed E-state index contributed by atoms with van der Waals surface area (Å²) in [5, 5.41) is 3.42. The summed E-state index contributed by atoms with van der Waals surface area (Å²) in [4.78, 5) is 2.14. The van der Waals surface area contributed by atoms with Crippen molar-refractivity contribution in [3.63, 3.8) is 0 Å². The van der Waals surface area contributed by atoms with Gasteiger partial charge >= 0.3 is 0 Å². The summed E-state index contributed by atoms with van der Waals surface area (Å²) < 4.78 is 13.4. The van der Waals surface area contributed by atoms with Crippen LogP contribution in [0, 0.1) is 5.82 Å². The molecule has 0 saturated carbocycles. The highest BCUT2D eigenvalue weighted by molar-refractivity contribution is 5.16. The number of hydrogen-bond donors (Lipinski definition) is 1. The molecule has 3 heteroatoms. The first kappa shape index (κ1) is 15.1. The molecule has 0 heterocycles. The van der Waals surface area contributed by atoms with Crippen LogP contribution in [0.1, 0.15) is 31.7 Å². The van der Waals surface area contributed by atoms with E-state index in [0.29, 0.717) is 6.54 Å². The van der Waals surface area contributed by atoms with Gasteiger partial charge in [-0.1, -0.05) is 38.0 Å². The molecule has 0 radical (unpaired) electrons. The van der Waals surface area contributed by atoms with E-state index in [9.17, 15) is 4.39 Å². The maximum Gasteiger partial charge on any atom is 0.127 e. The molecule has 0 aromatic heterocycles. The van der Waals surface area contributed by atoms with E-state index in [4.69, 9.17) is 0 Å². The van der Waals surface area contributed by atoms with Gasteiger partial charge in [-0.3, -0.25) is 0 Å². The zero-order valence-electron chi connectivity index (χ0n) is 11.6. The fourth-order valence-electron chi connectivity index (χ4n) is 1.89. The molecule has 0 unspecified atom stereocenters. The molecule has 1 N–H and O–H groups in total. The van der Waals surface area contributed by atoms with Gasteiger partial charge in [0.15, 0.2) is 0 Å². The van der Waals surface area contributed by atoms with Crippen molar-refractivity contribution in [1.82, 2.24) is 10.2 Å². The molecular formula is C15H25FN2. The lowest BCUT2D eigenvalue weighted by Gasteiger charge is -2.17. The summed E-state index contributed by atoms with van der Waals surface area (Å²) in [7, 11) is 2.03. The molecule has 0 fully saturated rings. The molecule has 1 aromatic carbocycles. The average Bonchev–Trinajstić information content (AvgIpc) is 2.36. The van der Waals surface area contributed by atoms with Crippen LogP contribution < -0.4 is 5.32 Å². The Morgan fingerprint density at radius 2 is 1.94 bits per heavy atom. The van der Waals surface area contributed by atoms with Gasteiger partial charge in [0.1, 0.15) is 5.82 Å². The van der Waals surface area contributed by atoms with Gasteiger partial charge < -0.3 is 10.2 Å². The zero-order valence-corrected chi connectivity index (χ0v) is 11.6. The predicted molar refractivity (Wildman–Crippen MR) is 75.1 cm³/mol. The van der Waals surface area contributed by atoms with Gasteiger partial charge in [-0.2, -0.15) is 0 Å². The Morgan fingerprint density at radius 3 is 2.67 bits per heavy atom. The van der Waals surface area contributed by atoms with Crippen LogP contribution in [-0.2, 0) is 6.54 Å². The summed E-state index contributed by atoms with van der Waals surface area (Å²) in [5.41, 5.74) is 0.769. The first-order valence-electron chi connectivity index (χ1n) is 6.86. The van der Waals surface area contributed by atoms with Gasteiger partial charge in [-0.15, -0.1) is 0 Å². The largest absolute Gasteiger partial charge is 0.315 e. The lowest BCUT2D eigenvalue weighted by Crippen LogP contribution is -2.29. The Balaban J connectivity index is 2.14. The Hall–Kier alpha value is -0.930. The van der Waals surface area contributed by atoms with E-state index in [0.717, 1.165) is 25.2 Å². The fourth-order valence-corrected chi connectivity index (χ4v) is 1.89. The molecule has 0 amide bonds. The lowest BCUT2D eigenvalue weighted by molar-refractivity contribution is 0.319. The summed E-state index contributed by atoms with van der Waals surface area (Å²) in [5.74, 6) is -0.111. The van der Waals surface area contributed by atoms with Crippen molar-refractivity contribution in [2.24, 2.45) is 0 Å². The summed E-state index contributed by atoms with van der Waals surface area (Å²) in [6, 6.07) is 6.98. The molecule has 0 aliphatic heterocycles. The number of nitrogens with zero attached hydrogens (tertiary/aromatic N) is 1. The number of likely N-dealkylation sites (N-methyl/N-ethyl adjacent to an activating group) is 1. The third-order valence-electron chi connectivity index (χ3n) is 3.03. The molecular weight excluding hydrogens is 227 g/mol. The number of rotatable bonds is 9. The second-order valence-corrected chi connectivity index (χ2v) is 4.79. The van der Waals surface area contributed by atoms with Gasteiger partial charge in [0.2, 0.25) is 0 Å². The minimum atomic E-state index is -0.111. The van der Waals surface area contributed by atoms with Crippen LogP contribution in [0.2, 0.25) is 0 Å². The van der Waals surface area contributed by atoms with E-state index >= 15 is 0 Å².